The van der Waals surface area contributed by atoms with Crippen molar-refractivity contribution in [1.82, 2.24) is 10.2 Å². The highest BCUT2D eigenvalue weighted by molar-refractivity contribution is 5.18. The van der Waals surface area contributed by atoms with E-state index in [1.54, 1.807) is 0 Å². The second-order valence-electron chi connectivity index (χ2n) is 5.41. The molecule has 20 heavy (non-hydrogen) atoms. The highest BCUT2D eigenvalue weighted by Gasteiger charge is 2.26. The maximum atomic E-state index is 9.84. The van der Waals surface area contributed by atoms with E-state index < -0.39 is 0 Å². The number of nitrogens with zero attached hydrogens (tertiary/aromatic N) is 1. The summed E-state index contributed by atoms with van der Waals surface area (Å²) in [6.45, 7) is 10.8. The zero-order valence-corrected chi connectivity index (χ0v) is 13.2. The van der Waals surface area contributed by atoms with Crippen molar-refractivity contribution in [2.24, 2.45) is 0 Å². The summed E-state index contributed by atoms with van der Waals surface area (Å²) in [6, 6.07) is 10.4. The molecule has 0 saturated heterocycles. The first-order chi connectivity index (χ1) is 9.69. The van der Waals surface area contributed by atoms with E-state index in [9.17, 15) is 5.11 Å². The first kappa shape index (κ1) is 17.2. The van der Waals surface area contributed by atoms with Gasteiger partial charge in [0.25, 0.3) is 0 Å². The summed E-state index contributed by atoms with van der Waals surface area (Å²) >= 11 is 0. The number of hydrogen-bond acceptors (Lipinski definition) is 3. The molecule has 3 nitrogen and oxygen atoms in total. The number of aliphatic hydroxyl groups is 1. The van der Waals surface area contributed by atoms with Crippen LogP contribution in [0.15, 0.2) is 30.3 Å². The van der Waals surface area contributed by atoms with Crippen LogP contribution in [0.4, 0.5) is 0 Å². The van der Waals surface area contributed by atoms with Gasteiger partial charge in [-0.25, -0.2) is 0 Å². The number of aliphatic hydroxyl groups excluding tert-OH is 1. The van der Waals surface area contributed by atoms with Gasteiger partial charge in [0.1, 0.15) is 0 Å². The average molecular weight is 278 g/mol. The Morgan fingerprint density at radius 1 is 1.10 bits per heavy atom. The van der Waals surface area contributed by atoms with Crippen molar-refractivity contribution in [2.75, 3.05) is 32.8 Å². The molecule has 0 aliphatic carbocycles. The summed E-state index contributed by atoms with van der Waals surface area (Å²) < 4.78 is 0. The van der Waals surface area contributed by atoms with E-state index in [0.29, 0.717) is 0 Å². The molecule has 0 aromatic heterocycles. The second-order valence-corrected chi connectivity index (χ2v) is 5.41. The van der Waals surface area contributed by atoms with Gasteiger partial charge in [0.15, 0.2) is 0 Å². The van der Waals surface area contributed by atoms with Crippen molar-refractivity contribution in [2.45, 2.75) is 39.2 Å². The summed E-state index contributed by atoms with van der Waals surface area (Å²) in [5.74, 6) is 0. The Bertz CT molecular complexity index is 345. The fraction of sp³-hybridized carbons (Fsp3) is 0.647. The highest BCUT2D eigenvalue weighted by Crippen LogP contribution is 2.17. The molecule has 3 heteroatoms. The maximum Gasteiger partial charge on any atom is 0.0616 e. The van der Waals surface area contributed by atoms with Crippen LogP contribution in [-0.2, 0) is 6.42 Å². The Hall–Kier alpha value is -0.900. The first-order valence-corrected chi connectivity index (χ1v) is 7.81. The van der Waals surface area contributed by atoms with E-state index in [-0.39, 0.29) is 12.1 Å². The van der Waals surface area contributed by atoms with Crippen LogP contribution in [0.1, 0.15) is 32.8 Å². The van der Waals surface area contributed by atoms with Crippen molar-refractivity contribution in [3.8, 4) is 0 Å². The number of nitrogens with one attached hydrogen (secondary N) is 1. The van der Waals surface area contributed by atoms with E-state index >= 15 is 0 Å². The van der Waals surface area contributed by atoms with Crippen LogP contribution in [0.5, 0.6) is 0 Å². The molecule has 1 aromatic carbocycles. The Balaban J connectivity index is 2.58. The molecule has 1 aromatic rings. The molecular formula is C17H30N2O. The van der Waals surface area contributed by atoms with E-state index in [1.165, 1.54) is 5.56 Å². The molecule has 0 aliphatic rings. The lowest BCUT2D eigenvalue weighted by Crippen LogP contribution is -2.52. The van der Waals surface area contributed by atoms with E-state index in [2.05, 4.69) is 55.3 Å². The summed E-state index contributed by atoms with van der Waals surface area (Å²) in [5.41, 5.74) is 1.08. The Labute approximate surface area is 124 Å². The molecule has 1 rings (SSSR count). The van der Waals surface area contributed by atoms with Gasteiger partial charge in [-0.2, -0.15) is 0 Å². The largest absolute Gasteiger partial charge is 0.394 e. The molecule has 0 amide bonds. The molecule has 0 fully saturated rings. The number of hydrogen-bond donors (Lipinski definition) is 2. The maximum absolute atomic E-state index is 9.84. The predicted octanol–water partition coefficient (Wildman–Crippen LogP) is 2.30. The Morgan fingerprint density at radius 3 is 2.25 bits per heavy atom. The molecule has 2 N–H and O–H groups in total. The van der Waals surface area contributed by atoms with Crippen LogP contribution in [0.25, 0.3) is 0 Å². The first-order valence-electron chi connectivity index (χ1n) is 7.81. The smallest absolute Gasteiger partial charge is 0.0616 e. The predicted molar refractivity (Wildman–Crippen MR) is 86.0 cm³/mol. The summed E-state index contributed by atoms with van der Waals surface area (Å²) in [7, 11) is 0. The van der Waals surface area contributed by atoms with Gasteiger partial charge in [-0.1, -0.05) is 51.1 Å². The van der Waals surface area contributed by atoms with Crippen LogP contribution in [-0.4, -0.2) is 48.3 Å². The van der Waals surface area contributed by atoms with Crippen LogP contribution in [0.3, 0.4) is 0 Å². The minimum atomic E-state index is -0.200. The monoisotopic (exact) mass is 278 g/mol. The van der Waals surface area contributed by atoms with E-state index in [1.807, 2.05) is 6.07 Å². The van der Waals surface area contributed by atoms with Crippen LogP contribution in [0.2, 0.25) is 0 Å². The lowest BCUT2D eigenvalue weighted by Gasteiger charge is -2.33. The third-order valence-electron chi connectivity index (χ3n) is 4.19. The van der Waals surface area contributed by atoms with Crippen LogP contribution < -0.4 is 5.32 Å². The summed E-state index contributed by atoms with van der Waals surface area (Å²) in [5, 5.41) is 13.4. The van der Waals surface area contributed by atoms with Gasteiger partial charge in [-0.3, -0.25) is 0 Å². The number of rotatable bonds is 10. The van der Waals surface area contributed by atoms with E-state index in [4.69, 9.17) is 0 Å². The van der Waals surface area contributed by atoms with Crippen LogP contribution in [0, 0.1) is 0 Å². The van der Waals surface area contributed by atoms with Crippen LogP contribution >= 0.6 is 0 Å². The standard InChI is InChI=1S/C17H30N2O/c1-4-17(15-20,14-16-10-8-7-9-11-16)18-12-13-19(5-2)6-3/h7-11,18,20H,4-6,12-15H2,1-3H3. The van der Waals surface area contributed by atoms with Crippen molar-refractivity contribution in [3.05, 3.63) is 35.9 Å². The molecule has 1 atom stereocenters. The number of benzene rings is 1. The minimum absolute atomic E-state index is 0.177. The summed E-state index contributed by atoms with van der Waals surface area (Å²) in [6.07, 6.45) is 1.80. The third kappa shape index (κ3) is 5.23. The van der Waals surface area contributed by atoms with Gasteiger partial charge in [0, 0.05) is 18.6 Å². The fourth-order valence-corrected chi connectivity index (χ4v) is 2.54. The molecule has 0 aliphatic heterocycles. The second kappa shape index (κ2) is 9.11. The van der Waals surface area contributed by atoms with Gasteiger partial charge in [-0.05, 0) is 31.5 Å². The van der Waals surface area contributed by atoms with Gasteiger partial charge >= 0.3 is 0 Å². The fourth-order valence-electron chi connectivity index (χ4n) is 2.54. The molecule has 114 valence electrons. The molecule has 0 bridgehead atoms. The van der Waals surface area contributed by atoms with Crippen molar-refractivity contribution in [3.63, 3.8) is 0 Å². The zero-order valence-electron chi connectivity index (χ0n) is 13.2. The minimum Gasteiger partial charge on any atom is -0.394 e. The molecular weight excluding hydrogens is 248 g/mol. The Morgan fingerprint density at radius 2 is 1.75 bits per heavy atom. The topological polar surface area (TPSA) is 35.5 Å². The quantitative estimate of drug-likeness (QED) is 0.689. The number of likely N-dealkylation sites (N-methyl/N-ethyl adjacent to an activating group) is 1. The normalized spacial score (nSPS) is 14.4. The van der Waals surface area contributed by atoms with Gasteiger partial charge in [0.05, 0.1) is 6.61 Å². The lowest BCUT2D eigenvalue weighted by atomic mass is 9.89. The molecule has 0 spiro atoms. The molecule has 0 radical (unpaired) electrons. The van der Waals surface area contributed by atoms with E-state index in [0.717, 1.165) is 39.0 Å². The van der Waals surface area contributed by atoms with Crippen molar-refractivity contribution < 1.29 is 5.11 Å². The van der Waals surface area contributed by atoms with Gasteiger partial charge in [0.2, 0.25) is 0 Å². The molecule has 0 saturated carbocycles. The SMILES string of the molecule is CCN(CC)CCNC(CC)(CO)Cc1ccccc1. The third-order valence-corrected chi connectivity index (χ3v) is 4.19. The molecule has 1 unspecified atom stereocenters. The highest BCUT2D eigenvalue weighted by atomic mass is 16.3. The Kier molecular flexibility index (Phi) is 7.82. The zero-order chi connectivity index (χ0) is 14.8. The van der Waals surface area contributed by atoms with Crippen molar-refractivity contribution >= 4 is 0 Å². The lowest BCUT2D eigenvalue weighted by molar-refractivity contribution is 0.149. The summed E-state index contributed by atoms with van der Waals surface area (Å²) in [4.78, 5) is 2.40. The van der Waals surface area contributed by atoms with Gasteiger partial charge in [-0.15, -0.1) is 0 Å². The van der Waals surface area contributed by atoms with Gasteiger partial charge < -0.3 is 15.3 Å². The molecule has 0 heterocycles. The van der Waals surface area contributed by atoms with Crippen molar-refractivity contribution in [1.29, 1.82) is 0 Å². The average Bonchev–Trinajstić information content (AvgIpc) is 2.51.